The monoisotopic (exact) mass is 314 g/mol. The largest absolute Gasteiger partial charge is 0.388 e. The van der Waals surface area contributed by atoms with E-state index in [1.54, 1.807) is 6.33 Å². The Kier molecular flexibility index (Phi) is 4.07. The van der Waals surface area contributed by atoms with Gasteiger partial charge in [-0.3, -0.25) is 0 Å². The van der Waals surface area contributed by atoms with E-state index in [4.69, 9.17) is 0 Å². The van der Waals surface area contributed by atoms with E-state index in [0.717, 1.165) is 42.0 Å². The molecule has 0 bridgehead atoms. The Hall–Kier alpha value is -0.880. The van der Waals surface area contributed by atoms with Crippen LogP contribution < -0.4 is 10.2 Å². The first kappa shape index (κ1) is 13.5. The first-order chi connectivity index (χ1) is 8.53. The Labute approximate surface area is 116 Å². The summed E-state index contributed by atoms with van der Waals surface area (Å²) in [7, 11) is 0. The molecular formula is C12H19BrN4O. The zero-order chi connectivity index (χ0) is 13.2. The van der Waals surface area contributed by atoms with Crippen molar-refractivity contribution >= 4 is 27.6 Å². The smallest absolute Gasteiger partial charge is 0.148 e. The highest BCUT2D eigenvalue weighted by Crippen LogP contribution is 2.32. The van der Waals surface area contributed by atoms with Crippen LogP contribution >= 0.6 is 15.9 Å². The number of hydrogen-bond acceptors (Lipinski definition) is 5. The van der Waals surface area contributed by atoms with E-state index in [1.165, 1.54) is 0 Å². The second-order valence-corrected chi connectivity index (χ2v) is 5.71. The van der Waals surface area contributed by atoms with Crippen LogP contribution in [-0.2, 0) is 0 Å². The van der Waals surface area contributed by atoms with Gasteiger partial charge >= 0.3 is 0 Å². The molecule has 0 spiro atoms. The summed E-state index contributed by atoms with van der Waals surface area (Å²) < 4.78 is 0.865. The van der Waals surface area contributed by atoms with Crippen LogP contribution in [0.25, 0.3) is 0 Å². The quantitative estimate of drug-likeness (QED) is 0.894. The lowest BCUT2D eigenvalue weighted by atomic mass is 9.95. The average molecular weight is 315 g/mol. The Morgan fingerprint density at radius 2 is 2.33 bits per heavy atom. The van der Waals surface area contributed by atoms with Crippen molar-refractivity contribution in [1.82, 2.24) is 9.97 Å². The molecule has 1 saturated heterocycles. The molecule has 0 aromatic carbocycles. The number of rotatable bonds is 3. The lowest BCUT2D eigenvalue weighted by Gasteiger charge is -2.37. The predicted octanol–water partition coefficient (Wildman–Crippen LogP) is 2.02. The van der Waals surface area contributed by atoms with Gasteiger partial charge in [-0.2, -0.15) is 0 Å². The maximum atomic E-state index is 10.2. The number of nitrogens with one attached hydrogen (secondary N) is 1. The zero-order valence-corrected chi connectivity index (χ0v) is 12.4. The number of aliphatic hydroxyl groups is 1. The molecule has 1 fully saturated rings. The van der Waals surface area contributed by atoms with Gasteiger partial charge in [-0.25, -0.2) is 9.97 Å². The molecule has 1 aliphatic rings. The average Bonchev–Trinajstić information content (AvgIpc) is 2.31. The number of piperidine rings is 1. The maximum absolute atomic E-state index is 10.2. The summed E-state index contributed by atoms with van der Waals surface area (Å²) in [4.78, 5) is 10.6. The third-order valence-corrected chi connectivity index (χ3v) is 3.82. The molecular weight excluding hydrogens is 296 g/mol. The van der Waals surface area contributed by atoms with Gasteiger partial charge in [-0.05, 0) is 42.6 Å². The highest BCUT2D eigenvalue weighted by Gasteiger charge is 2.30. The number of halogens is 1. The van der Waals surface area contributed by atoms with Gasteiger partial charge in [-0.1, -0.05) is 0 Å². The fourth-order valence-corrected chi connectivity index (χ4v) is 2.87. The van der Waals surface area contributed by atoms with Gasteiger partial charge in [0.1, 0.15) is 22.4 Å². The van der Waals surface area contributed by atoms with E-state index in [-0.39, 0.29) is 0 Å². The third-order valence-electron chi connectivity index (χ3n) is 3.09. The molecule has 1 aromatic heterocycles. The van der Waals surface area contributed by atoms with Gasteiger partial charge in [0.25, 0.3) is 0 Å². The maximum Gasteiger partial charge on any atom is 0.148 e. The summed E-state index contributed by atoms with van der Waals surface area (Å²) >= 11 is 3.54. The molecule has 0 amide bonds. The fraction of sp³-hybridized carbons (Fsp3) is 0.667. The standard InChI is InChI=1S/C12H19BrN4O/c1-3-14-10-9(13)11(16-8-15-10)17-6-4-5-12(2,18)7-17/h8,18H,3-7H2,1-2H3,(H,14,15,16). The number of β-amino-alcohol motifs (C(OH)–C–C–N with tert-alkyl or cyclic N) is 1. The lowest BCUT2D eigenvalue weighted by molar-refractivity contribution is 0.0446. The Balaban J connectivity index is 2.25. The van der Waals surface area contributed by atoms with E-state index in [0.29, 0.717) is 6.54 Å². The molecule has 2 N–H and O–H groups in total. The van der Waals surface area contributed by atoms with Crippen molar-refractivity contribution < 1.29 is 5.11 Å². The molecule has 1 aliphatic heterocycles. The summed E-state index contributed by atoms with van der Waals surface area (Å²) in [6.07, 6.45) is 3.37. The highest BCUT2D eigenvalue weighted by atomic mass is 79.9. The molecule has 0 radical (unpaired) electrons. The topological polar surface area (TPSA) is 61.3 Å². The fourth-order valence-electron chi connectivity index (χ4n) is 2.27. The van der Waals surface area contributed by atoms with Crippen LogP contribution in [-0.4, -0.2) is 40.3 Å². The summed E-state index contributed by atoms with van der Waals surface area (Å²) in [6.45, 7) is 6.23. The zero-order valence-electron chi connectivity index (χ0n) is 10.8. The molecule has 6 heteroatoms. The number of hydrogen-bond donors (Lipinski definition) is 2. The molecule has 5 nitrogen and oxygen atoms in total. The van der Waals surface area contributed by atoms with Gasteiger partial charge in [0.2, 0.25) is 0 Å². The minimum Gasteiger partial charge on any atom is -0.388 e. The molecule has 1 unspecified atom stereocenters. The molecule has 1 atom stereocenters. The van der Waals surface area contributed by atoms with Crippen LogP contribution in [0.5, 0.6) is 0 Å². The van der Waals surface area contributed by atoms with Crippen LogP contribution in [0.15, 0.2) is 10.8 Å². The summed E-state index contributed by atoms with van der Waals surface area (Å²) in [6, 6.07) is 0. The first-order valence-corrected chi connectivity index (χ1v) is 7.04. The molecule has 0 aliphatic carbocycles. The van der Waals surface area contributed by atoms with Crippen molar-refractivity contribution in [2.45, 2.75) is 32.3 Å². The second kappa shape index (κ2) is 5.40. The molecule has 2 heterocycles. The molecule has 100 valence electrons. The normalized spacial score (nSPS) is 24.1. The van der Waals surface area contributed by atoms with Gasteiger partial charge in [0, 0.05) is 19.6 Å². The molecule has 2 rings (SSSR count). The molecule has 1 aromatic rings. The first-order valence-electron chi connectivity index (χ1n) is 6.25. The SMILES string of the molecule is CCNc1ncnc(N2CCCC(C)(O)C2)c1Br. The minimum absolute atomic E-state index is 0.605. The number of aromatic nitrogens is 2. The van der Waals surface area contributed by atoms with Crippen molar-refractivity contribution in [3.63, 3.8) is 0 Å². The lowest BCUT2D eigenvalue weighted by Crippen LogP contribution is -2.46. The van der Waals surface area contributed by atoms with E-state index in [1.807, 2.05) is 13.8 Å². The van der Waals surface area contributed by atoms with Crippen molar-refractivity contribution in [1.29, 1.82) is 0 Å². The summed E-state index contributed by atoms with van der Waals surface area (Å²) in [5, 5.41) is 13.3. The van der Waals surface area contributed by atoms with Gasteiger partial charge in [0.15, 0.2) is 0 Å². The van der Waals surface area contributed by atoms with E-state index in [2.05, 4.69) is 36.1 Å². The predicted molar refractivity (Wildman–Crippen MR) is 76.0 cm³/mol. The van der Waals surface area contributed by atoms with E-state index in [9.17, 15) is 5.11 Å². The van der Waals surface area contributed by atoms with Crippen molar-refractivity contribution in [3.8, 4) is 0 Å². The van der Waals surface area contributed by atoms with Gasteiger partial charge < -0.3 is 15.3 Å². The summed E-state index contributed by atoms with van der Waals surface area (Å²) in [5.41, 5.74) is -0.638. The van der Waals surface area contributed by atoms with Crippen LogP contribution in [0.3, 0.4) is 0 Å². The summed E-state index contributed by atoms with van der Waals surface area (Å²) in [5.74, 6) is 1.65. The van der Waals surface area contributed by atoms with Crippen molar-refractivity contribution in [3.05, 3.63) is 10.8 Å². The third kappa shape index (κ3) is 2.92. The Morgan fingerprint density at radius 1 is 1.56 bits per heavy atom. The van der Waals surface area contributed by atoms with E-state index < -0.39 is 5.60 Å². The van der Waals surface area contributed by atoms with Crippen LogP contribution in [0, 0.1) is 0 Å². The Morgan fingerprint density at radius 3 is 3.00 bits per heavy atom. The number of anilines is 2. The Bertz CT molecular complexity index is 425. The molecule has 18 heavy (non-hydrogen) atoms. The van der Waals surface area contributed by atoms with Crippen LogP contribution in [0.2, 0.25) is 0 Å². The van der Waals surface area contributed by atoms with Gasteiger partial charge in [0.05, 0.1) is 5.60 Å². The van der Waals surface area contributed by atoms with Crippen LogP contribution in [0.4, 0.5) is 11.6 Å². The second-order valence-electron chi connectivity index (χ2n) is 4.91. The van der Waals surface area contributed by atoms with Crippen molar-refractivity contribution in [2.24, 2.45) is 0 Å². The van der Waals surface area contributed by atoms with Crippen molar-refractivity contribution in [2.75, 3.05) is 29.9 Å². The number of nitrogens with zero attached hydrogens (tertiary/aromatic N) is 3. The van der Waals surface area contributed by atoms with E-state index >= 15 is 0 Å². The van der Waals surface area contributed by atoms with Gasteiger partial charge in [-0.15, -0.1) is 0 Å². The minimum atomic E-state index is -0.638. The van der Waals surface area contributed by atoms with Crippen LogP contribution in [0.1, 0.15) is 26.7 Å². The molecule has 0 saturated carbocycles. The highest BCUT2D eigenvalue weighted by molar-refractivity contribution is 9.10.